The maximum absolute atomic E-state index is 13.5. The van der Waals surface area contributed by atoms with E-state index >= 15 is 0 Å². The predicted octanol–water partition coefficient (Wildman–Crippen LogP) is 4.57. The van der Waals surface area contributed by atoms with E-state index in [2.05, 4.69) is 23.0 Å². The topological polar surface area (TPSA) is 157 Å². The second-order valence-corrected chi connectivity index (χ2v) is 12.2. The summed E-state index contributed by atoms with van der Waals surface area (Å²) in [6.07, 6.45) is 1.75. The number of nitrogens with zero attached hydrogens (tertiary/aromatic N) is 3. The summed E-state index contributed by atoms with van der Waals surface area (Å²) in [6, 6.07) is 20.0. The number of rotatable bonds is 13. The van der Waals surface area contributed by atoms with Crippen LogP contribution in [0.4, 0.5) is 0 Å². The van der Waals surface area contributed by atoms with Crippen molar-refractivity contribution in [1.82, 2.24) is 14.5 Å². The highest BCUT2D eigenvalue weighted by molar-refractivity contribution is 7.91. The van der Waals surface area contributed by atoms with E-state index in [1.807, 2.05) is 50.2 Å². The number of methoxy groups -OCH3 is 2. The normalized spacial score (nSPS) is 11.3. The average molecular weight is 642 g/mol. The number of carbonyl (C=O) groups is 2. The summed E-state index contributed by atoms with van der Waals surface area (Å²) >= 11 is 0. The van der Waals surface area contributed by atoms with E-state index < -0.39 is 21.8 Å². The molecule has 45 heavy (non-hydrogen) atoms. The lowest BCUT2D eigenvalue weighted by Gasteiger charge is -2.17. The first kappa shape index (κ1) is 34.9. The van der Waals surface area contributed by atoms with Gasteiger partial charge in [-0.15, -0.1) is 0 Å². The highest BCUT2D eigenvalue weighted by atomic mass is 32.2. The maximum Gasteiger partial charge on any atom is 0.414 e. The van der Waals surface area contributed by atoms with Gasteiger partial charge in [0, 0.05) is 19.1 Å². The molecule has 1 aromatic heterocycles. The number of para-hydroxylation sites is 2. The second-order valence-electron chi connectivity index (χ2n) is 10.4. The van der Waals surface area contributed by atoms with Crippen LogP contribution in [0.5, 0.6) is 17.2 Å². The lowest BCUT2D eigenvalue weighted by Crippen LogP contribution is -2.23. The van der Waals surface area contributed by atoms with Crippen LogP contribution in [-0.4, -0.2) is 86.0 Å². The molecular weight excluding hydrogens is 602 g/mol. The summed E-state index contributed by atoms with van der Waals surface area (Å²) in [5.41, 5.74) is 2.66. The van der Waals surface area contributed by atoms with Gasteiger partial charge in [0.05, 0.1) is 36.8 Å². The van der Waals surface area contributed by atoms with E-state index in [0.29, 0.717) is 17.9 Å². The van der Waals surface area contributed by atoms with Crippen molar-refractivity contribution in [2.45, 2.75) is 42.8 Å². The van der Waals surface area contributed by atoms with Gasteiger partial charge in [0.15, 0.2) is 11.5 Å². The van der Waals surface area contributed by atoms with Crippen LogP contribution in [0.3, 0.4) is 0 Å². The molecule has 4 aromatic rings. The predicted molar refractivity (Wildman–Crippen MR) is 168 cm³/mol. The van der Waals surface area contributed by atoms with Crippen molar-refractivity contribution in [3.05, 3.63) is 72.3 Å². The van der Waals surface area contributed by atoms with Crippen molar-refractivity contribution < 1.29 is 42.4 Å². The third-order valence-electron chi connectivity index (χ3n) is 6.82. The summed E-state index contributed by atoms with van der Waals surface area (Å²) in [4.78, 5) is 25.1. The Morgan fingerprint density at radius 1 is 0.911 bits per heavy atom. The van der Waals surface area contributed by atoms with E-state index in [1.54, 1.807) is 43.1 Å². The molecule has 2 N–H and O–H groups in total. The minimum atomic E-state index is -3.79. The van der Waals surface area contributed by atoms with Gasteiger partial charge in [-0.25, -0.2) is 23.0 Å². The van der Waals surface area contributed by atoms with Crippen molar-refractivity contribution in [1.29, 1.82) is 0 Å². The Labute approximate surface area is 262 Å². The number of benzene rings is 3. The molecule has 0 aliphatic heterocycles. The highest BCUT2D eigenvalue weighted by Gasteiger charge is 2.27. The molecule has 12 nitrogen and oxygen atoms in total. The van der Waals surface area contributed by atoms with Crippen LogP contribution in [0.2, 0.25) is 0 Å². The van der Waals surface area contributed by atoms with Crippen molar-refractivity contribution in [3.63, 3.8) is 0 Å². The molecule has 3 aromatic carbocycles. The van der Waals surface area contributed by atoms with Gasteiger partial charge in [-0.1, -0.05) is 18.2 Å². The quantitative estimate of drug-likeness (QED) is 0.156. The van der Waals surface area contributed by atoms with Crippen LogP contribution in [0, 0.1) is 0 Å². The maximum atomic E-state index is 13.5. The molecule has 0 spiro atoms. The zero-order valence-corrected chi connectivity index (χ0v) is 26.8. The number of hydrogen-bond donors (Lipinski definition) is 2. The fourth-order valence-electron chi connectivity index (χ4n) is 4.52. The monoisotopic (exact) mass is 641 g/mol. The number of hydrogen-bond acceptors (Lipinski definition) is 9. The molecule has 242 valence electrons. The third-order valence-corrected chi connectivity index (χ3v) is 8.48. The molecule has 0 radical (unpaired) electrons. The van der Waals surface area contributed by atoms with Gasteiger partial charge in [0.25, 0.3) is 0 Å². The Balaban J connectivity index is 0.000000838. The van der Waals surface area contributed by atoms with Crippen LogP contribution in [0.25, 0.3) is 11.0 Å². The van der Waals surface area contributed by atoms with Crippen molar-refractivity contribution >= 4 is 32.8 Å². The Morgan fingerprint density at radius 2 is 1.56 bits per heavy atom. The molecule has 4 rings (SSSR count). The van der Waals surface area contributed by atoms with Gasteiger partial charge in [0.1, 0.15) is 5.75 Å². The smallest absolute Gasteiger partial charge is 0.414 e. The summed E-state index contributed by atoms with van der Waals surface area (Å²) in [5.74, 6) is -1.54. The van der Waals surface area contributed by atoms with Crippen LogP contribution in [0.15, 0.2) is 76.8 Å². The molecule has 0 aliphatic rings. The summed E-state index contributed by atoms with van der Waals surface area (Å²) in [6.45, 7) is 6.24. The number of fused-ring (bicyclic) bond motifs is 1. The van der Waals surface area contributed by atoms with E-state index in [1.165, 1.54) is 5.56 Å². The first-order valence-corrected chi connectivity index (χ1v) is 15.7. The number of carboxylic acids is 2. The van der Waals surface area contributed by atoms with Gasteiger partial charge in [-0.05, 0) is 87.8 Å². The third kappa shape index (κ3) is 9.19. The van der Waals surface area contributed by atoms with Gasteiger partial charge < -0.3 is 33.9 Å². The van der Waals surface area contributed by atoms with Gasteiger partial charge in [-0.2, -0.15) is 0 Å². The van der Waals surface area contributed by atoms with E-state index in [9.17, 15) is 8.42 Å². The Hall–Kier alpha value is -4.62. The number of sulfone groups is 1. The van der Waals surface area contributed by atoms with E-state index in [-0.39, 0.29) is 16.1 Å². The molecule has 0 amide bonds. The number of ether oxygens (including phenoxy) is 3. The van der Waals surface area contributed by atoms with Crippen molar-refractivity contribution in [2.75, 3.05) is 41.0 Å². The Morgan fingerprint density at radius 3 is 2.16 bits per heavy atom. The number of imidazole rings is 1. The van der Waals surface area contributed by atoms with Gasteiger partial charge in [0.2, 0.25) is 15.0 Å². The van der Waals surface area contributed by atoms with Crippen molar-refractivity contribution in [3.8, 4) is 17.2 Å². The molecule has 0 bridgehead atoms. The first-order valence-electron chi connectivity index (χ1n) is 14.2. The minimum Gasteiger partial charge on any atom is -0.494 e. The lowest BCUT2D eigenvalue weighted by molar-refractivity contribution is -0.159. The summed E-state index contributed by atoms with van der Waals surface area (Å²) in [7, 11) is 1.57. The SMILES string of the molecule is COc1ccc(CCN(C)CCCOc2ccc(S(=O)(=O)c3nc4ccccc4n3C(C)C)cc2)cc1OC.O=C(O)C(=O)O. The number of likely N-dealkylation sites (N-methyl/N-ethyl adjacent to an activating group) is 1. The van der Waals surface area contributed by atoms with Crippen LogP contribution < -0.4 is 14.2 Å². The van der Waals surface area contributed by atoms with E-state index in [4.69, 9.17) is 34.0 Å². The van der Waals surface area contributed by atoms with Crippen molar-refractivity contribution in [2.24, 2.45) is 0 Å². The van der Waals surface area contributed by atoms with Crippen LogP contribution >= 0.6 is 0 Å². The molecule has 0 fully saturated rings. The number of aliphatic carboxylic acids is 2. The molecule has 0 aliphatic carbocycles. The molecule has 13 heteroatoms. The Bertz CT molecular complexity index is 1690. The van der Waals surface area contributed by atoms with Gasteiger partial charge in [-0.3, -0.25) is 0 Å². The summed E-state index contributed by atoms with van der Waals surface area (Å²) < 4.78 is 45.3. The molecule has 0 saturated heterocycles. The standard InChI is InChI=1S/C30H37N3O5S.C2H2O4/c1-22(2)33-27-10-7-6-9-26(27)31-30(33)39(34,35)25-14-12-24(13-15-25)38-20-8-18-32(3)19-17-23-11-16-28(36-4)29(21-23)37-5;3-1(4)2(5)6/h6-7,9-16,21-22H,8,17-20H2,1-5H3;(H,3,4)(H,5,6). The molecule has 0 saturated carbocycles. The fourth-order valence-corrected chi connectivity index (χ4v) is 6.02. The largest absolute Gasteiger partial charge is 0.494 e. The zero-order chi connectivity index (χ0) is 33.1. The summed E-state index contributed by atoms with van der Waals surface area (Å²) in [5, 5.41) is 14.8. The first-order chi connectivity index (χ1) is 21.4. The van der Waals surface area contributed by atoms with Crippen LogP contribution in [-0.2, 0) is 25.8 Å². The Kier molecular flexibility index (Phi) is 12.3. The van der Waals surface area contributed by atoms with E-state index in [0.717, 1.165) is 42.9 Å². The second kappa shape index (κ2) is 15.9. The zero-order valence-electron chi connectivity index (χ0n) is 26.0. The molecule has 0 atom stereocenters. The number of carboxylic acid groups (broad SMARTS) is 2. The molecule has 0 unspecified atom stereocenters. The average Bonchev–Trinajstić information content (AvgIpc) is 3.43. The number of aromatic nitrogens is 2. The van der Waals surface area contributed by atoms with Crippen LogP contribution in [0.1, 0.15) is 31.9 Å². The lowest BCUT2D eigenvalue weighted by atomic mass is 10.1. The highest BCUT2D eigenvalue weighted by Crippen LogP contribution is 2.29. The fraction of sp³-hybridized carbons (Fsp3) is 0.344. The molecule has 1 heterocycles. The van der Waals surface area contributed by atoms with Gasteiger partial charge >= 0.3 is 11.9 Å². The minimum absolute atomic E-state index is 0.0538. The molecular formula is C32H39N3O9S.